The normalized spacial score (nSPS) is 28.1. The van der Waals surface area contributed by atoms with Crippen molar-refractivity contribution in [3.63, 3.8) is 0 Å². The van der Waals surface area contributed by atoms with Gasteiger partial charge in [0.15, 0.2) is 11.6 Å². The number of allylic oxidation sites excluding steroid dienone is 2. The van der Waals surface area contributed by atoms with Crippen molar-refractivity contribution in [1.29, 1.82) is 0 Å². The van der Waals surface area contributed by atoms with Crippen molar-refractivity contribution in [3.05, 3.63) is 41.5 Å². The highest BCUT2D eigenvalue weighted by Gasteiger charge is 2.35. The third-order valence-corrected chi connectivity index (χ3v) is 6.65. The zero-order chi connectivity index (χ0) is 21.7. The van der Waals surface area contributed by atoms with Gasteiger partial charge in [-0.05, 0) is 99.2 Å². The molecule has 2 fully saturated rings. The maximum atomic E-state index is 14.0. The summed E-state index contributed by atoms with van der Waals surface area (Å²) >= 11 is 0. The molecule has 3 rings (SSSR count). The average Bonchev–Trinajstić information content (AvgIpc) is 2.71. The first-order valence-electron chi connectivity index (χ1n) is 10.7. The molecule has 0 aliphatic heterocycles. The fourth-order valence-electron chi connectivity index (χ4n) is 5.11. The van der Waals surface area contributed by atoms with Gasteiger partial charge >= 0.3 is 6.36 Å². The Morgan fingerprint density at radius 1 is 0.867 bits per heavy atom. The first kappa shape index (κ1) is 23.0. The minimum atomic E-state index is -5.14. The minimum absolute atomic E-state index is 0.0508. The predicted octanol–water partition coefficient (Wildman–Crippen LogP) is 7.86. The molecule has 30 heavy (non-hydrogen) atoms. The van der Waals surface area contributed by atoms with E-state index in [1.54, 1.807) is 0 Å². The Morgan fingerprint density at radius 2 is 1.40 bits per heavy atom. The van der Waals surface area contributed by atoms with E-state index in [0.717, 1.165) is 63.5 Å². The van der Waals surface area contributed by atoms with Crippen LogP contribution in [0.2, 0.25) is 0 Å². The van der Waals surface area contributed by atoms with Crippen molar-refractivity contribution < 1.29 is 31.1 Å². The highest BCUT2D eigenvalue weighted by molar-refractivity contribution is 5.33. The molecule has 2 aliphatic rings. The van der Waals surface area contributed by atoms with Crippen LogP contribution in [0.1, 0.15) is 69.3 Å². The second kappa shape index (κ2) is 10.1. The summed E-state index contributed by atoms with van der Waals surface area (Å²) in [4.78, 5) is 0. The van der Waals surface area contributed by atoms with E-state index in [0.29, 0.717) is 29.7 Å². The maximum absolute atomic E-state index is 14.0. The molecule has 1 aromatic rings. The highest BCUT2D eigenvalue weighted by Crippen LogP contribution is 2.45. The number of ether oxygens (including phenoxy) is 1. The van der Waals surface area contributed by atoms with Gasteiger partial charge in [-0.1, -0.05) is 12.2 Å². The molecule has 0 spiro atoms. The Kier molecular flexibility index (Phi) is 7.75. The topological polar surface area (TPSA) is 9.23 Å². The summed E-state index contributed by atoms with van der Waals surface area (Å²) in [5, 5.41) is 0. The Balaban J connectivity index is 1.52. The van der Waals surface area contributed by atoms with Gasteiger partial charge in [0.2, 0.25) is 5.75 Å². The molecule has 168 valence electrons. The maximum Gasteiger partial charge on any atom is 0.573 e. The summed E-state index contributed by atoms with van der Waals surface area (Å²) in [5.41, 5.74) is 0.402. The molecule has 1 nitrogen and oxygen atoms in total. The lowest BCUT2D eigenvalue weighted by Crippen LogP contribution is -2.25. The largest absolute Gasteiger partial charge is 0.573 e. The summed E-state index contributed by atoms with van der Waals surface area (Å²) in [5.74, 6) is -2.31. The lowest BCUT2D eigenvalue weighted by Gasteiger charge is -2.37. The first-order valence-corrected chi connectivity index (χ1v) is 10.7. The van der Waals surface area contributed by atoms with Crippen molar-refractivity contribution in [2.75, 3.05) is 6.67 Å². The molecular formula is C23H28F6O. The van der Waals surface area contributed by atoms with E-state index in [9.17, 15) is 26.3 Å². The van der Waals surface area contributed by atoms with Crippen LogP contribution < -0.4 is 4.74 Å². The smallest absolute Gasteiger partial charge is 0.399 e. The van der Waals surface area contributed by atoms with E-state index in [1.807, 2.05) is 6.08 Å². The van der Waals surface area contributed by atoms with Gasteiger partial charge in [-0.3, -0.25) is 4.39 Å². The number of benzene rings is 1. The van der Waals surface area contributed by atoms with E-state index in [-0.39, 0.29) is 12.6 Å². The van der Waals surface area contributed by atoms with Gasteiger partial charge in [0.05, 0.1) is 6.67 Å². The number of rotatable bonds is 6. The molecule has 0 heterocycles. The molecule has 2 aliphatic carbocycles. The number of hydrogen-bond donors (Lipinski definition) is 0. The zero-order valence-corrected chi connectivity index (χ0v) is 16.9. The number of halogens is 6. The van der Waals surface area contributed by atoms with Crippen molar-refractivity contribution in [2.45, 2.75) is 70.1 Å². The molecule has 2 saturated carbocycles. The summed E-state index contributed by atoms with van der Waals surface area (Å²) in [7, 11) is 0. The summed E-state index contributed by atoms with van der Waals surface area (Å²) in [6.45, 7) is -0.318. The van der Waals surface area contributed by atoms with Crippen molar-refractivity contribution in [1.82, 2.24) is 0 Å². The molecule has 0 bridgehead atoms. The Hall–Kier alpha value is -1.66. The van der Waals surface area contributed by atoms with Crippen molar-refractivity contribution in [3.8, 4) is 5.75 Å². The van der Waals surface area contributed by atoms with Crippen LogP contribution in [0.3, 0.4) is 0 Å². The Labute approximate surface area is 173 Å². The minimum Gasteiger partial charge on any atom is -0.399 e. The second-order valence-electron chi connectivity index (χ2n) is 8.55. The lowest BCUT2D eigenvalue weighted by atomic mass is 9.68. The lowest BCUT2D eigenvalue weighted by molar-refractivity contribution is -0.276. The van der Waals surface area contributed by atoms with E-state index >= 15 is 0 Å². The van der Waals surface area contributed by atoms with Gasteiger partial charge in [0, 0.05) is 0 Å². The van der Waals surface area contributed by atoms with Crippen LogP contribution in [0.15, 0.2) is 24.3 Å². The van der Waals surface area contributed by atoms with E-state index in [2.05, 4.69) is 10.8 Å². The average molecular weight is 434 g/mol. The SMILES string of the molecule is FCCC=CC1CCC(C2CCC(c3cc(F)c(OC(F)(F)F)c(F)c3)CC2)CC1. The fraction of sp³-hybridized carbons (Fsp3) is 0.652. The van der Waals surface area contributed by atoms with Crippen LogP contribution in [0.5, 0.6) is 5.75 Å². The van der Waals surface area contributed by atoms with Gasteiger partial charge in [0.25, 0.3) is 0 Å². The molecule has 0 saturated heterocycles. The molecule has 0 N–H and O–H groups in total. The van der Waals surface area contributed by atoms with Crippen LogP contribution in [0.4, 0.5) is 26.3 Å². The number of hydrogen-bond acceptors (Lipinski definition) is 1. The van der Waals surface area contributed by atoms with Gasteiger partial charge < -0.3 is 4.74 Å². The zero-order valence-electron chi connectivity index (χ0n) is 16.9. The van der Waals surface area contributed by atoms with Crippen molar-refractivity contribution in [2.24, 2.45) is 17.8 Å². The molecule has 1 aromatic carbocycles. The van der Waals surface area contributed by atoms with Gasteiger partial charge in [0.1, 0.15) is 0 Å². The van der Waals surface area contributed by atoms with Crippen LogP contribution in [0, 0.1) is 29.4 Å². The summed E-state index contributed by atoms with van der Waals surface area (Å²) in [6, 6.07) is 1.95. The van der Waals surface area contributed by atoms with Crippen LogP contribution in [-0.2, 0) is 0 Å². The molecule has 0 amide bonds. The van der Waals surface area contributed by atoms with Gasteiger partial charge in [-0.15, -0.1) is 13.2 Å². The summed E-state index contributed by atoms with van der Waals surface area (Å²) in [6.07, 6.45) is 7.41. The molecule has 7 heteroatoms. The molecule has 0 aromatic heterocycles. The number of alkyl halides is 4. The fourth-order valence-corrected chi connectivity index (χ4v) is 5.11. The van der Waals surface area contributed by atoms with E-state index in [4.69, 9.17) is 0 Å². The molecule has 0 unspecified atom stereocenters. The Morgan fingerprint density at radius 3 is 1.90 bits per heavy atom. The van der Waals surface area contributed by atoms with Gasteiger partial charge in [-0.25, -0.2) is 8.78 Å². The van der Waals surface area contributed by atoms with E-state index in [1.165, 1.54) is 0 Å². The van der Waals surface area contributed by atoms with Gasteiger partial charge in [-0.2, -0.15) is 0 Å². The van der Waals surface area contributed by atoms with Crippen molar-refractivity contribution >= 4 is 0 Å². The summed E-state index contributed by atoms with van der Waals surface area (Å²) < 4.78 is 80.6. The first-order chi connectivity index (χ1) is 14.3. The highest BCUT2D eigenvalue weighted by atomic mass is 19.4. The molecular weight excluding hydrogens is 406 g/mol. The third-order valence-electron chi connectivity index (χ3n) is 6.65. The monoisotopic (exact) mass is 434 g/mol. The van der Waals surface area contributed by atoms with Crippen LogP contribution in [0.25, 0.3) is 0 Å². The molecule has 0 atom stereocenters. The van der Waals surface area contributed by atoms with E-state index < -0.39 is 23.7 Å². The van der Waals surface area contributed by atoms with Crippen LogP contribution in [-0.4, -0.2) is 13.0 Å². The van der Waals surface area contributed by atoms with Crippen LogP contribution >= 0.6 is 0 Å². The predicted molar refractivity (Wildman–Crippen MR) is 103 cm³/mol. The molecule has 0 radical (unpaired) electrons. The Bertz CT molecular complexity index is 690. The quantitative estimate of drug-likeness (QED) is 0.327. The second-order valence-corrected chi connectivity index (χ2v) is 8.55. The standard InChI is InChI=1S/C23H28F6O/c24-12-2-1-3-15-4-6-16(7-5-15)17-8-10-18(11-9-17)19-13-20(25)22(21(26)14-19)30-23(27,28)29/h1,3,13-18H,2,4-12H2. The third kappa shape index (κ3) is 6.17.